The Bertz CT molecular complexity index is 562. The number of carbonyl (C=O) groups is 2. The van der Waals surface area contributed by atoms with Crippen LogP contribution < -0.4 is 5.32 Å². The van der Waals surface area contributed by atoms with Gasteiger partial charge in [0.15, 0.2) is 0 Å². The van der Waals surface area contributed by atoms with Gasteiger partial charge in [-0.25, -0.2) is 0 Å². The van der Waals surface area contributed by atoms with E-state index in [1.54, 1.807) is 0 Å². The Morgan fingerprint density at radius 2 is 1.47 bits per heavy atom. The topological polar surface area (TPSA) is 101 Å². The molecule has 94 valence electrons. The van der Waals surface area contributed by atoms with Gasteiger partial charge in [0, 0.05) is 0 Å². The number of nitrogens with one attached hydrogen (secondary N) is 1. The summed E-state index contributed by atoms with van der Waals surface area (Å²) in [6.07, 6.45) is 0. The molecular formula is C7H4Br3NO5S. The Balaban J connectivity index is 3.08. The van der Waals surface area contributed by atoms with E-state index in [1.165, 1.54) is 0 Å². The summed E-state index contributed by atoms with van der Waals surface area (Å²) >= 11 is 8.71. The van der Waals surface area contributed by atoms with Gasteiger partial charge in [-0.05, 0) is 47.8 Å². The first-order valence-corrected chi connectivity index (χ1v) is 7.87. The Morgan fingerprint density at radius 3 is 1.94 bits per heavy atom. The molecule has 0 unspecified atom stereocenters. The number of hydrogen-bond donors (Lipinski definition) is 2. The van der Waals surface area contributed by atoms with Crippen LogP contribution in [0.15, 0.2) is 19.1 Å². The van der Waals surface area contributed by atoms with Crippen LogP contribution in [0, 0.1) is 0 Å². The lowest BCUT2D eigenvalue weighted by molar-refractivity contribution is -0.115. The molecule has 0 heterocycles. The third-order valence-corrected chi connectivity index (χ3v) is 4.98. The summed E-state index contributed by atoms with van der Waals surface area (Å²) < 4.78 is 29.5. The highest BCUT2D eigenvalue weighted by molar-refractivity contribution is 9.15. The van der Waals surface area contributed by atoms with Gasteiger partial charge < -0.3 is 5.32 Å². The molecule has 0 fully saturated rings. The van der Waals surface area contributed by atoms with Crippen LogP contribution >= 0.6 is 47.8 Å². The fourth-order valence-corrected chi connectivity index (χ4v) is 2.81. The molecule has 1 aliphatic rings. The van der Waals surface area contributed by atoms with Crippen LogP contribution in [0.1, 0.15) is 0 Å². The van der Waals surface area contributed by atoms with Crippen molar-refractivity contribution in [2.75, 3.05) is 5.88 Å². The Kier molecular flexibility index (Phi) is 4.69. The second-order valence-electron chi connectivity index (χ2n) is 2.88. The van der Waals surface area contributed by atoms with Crippen LogP contribution in [0.25, 0.3) is 0 Å². The average molecular weight is 454 g/mol. The quantitative estimate of drug-likeness (QED) is 0.491. The van der Waals surface area contributed by atoms with E-state index in [4.69, 9.17) is 4.55 Å². The van der Waals surface area contributed by atoms with E-state index < -0.39 is 27.6 Å². The second kappa shape index (κ2) is 5.31. The third-order valence-electron chi connectivity index (χ3n) is 1.67. The van der Waals surface area contributed by atoms with Gasteiger partial charge in [0.2, 0.25) is 11.6 Å². The zero-order chi connectivity index (χ0) is 13.4. The van der Waals surface area contributed by atoms with Crippen molar-refractivity contribution in [3.05, 3.63) is 19.1 Å². The summed E-state index contributed by atoms with van der Waals surface area (Å²) in [5.41, 5.74) is -0.234. The summed E-state index contributed by atoms with van der Waals surface area (Å²) in [4.78, 5) is 23.3. The molecule has 2 N–H and O–H groups in total. The first-order chi connectivity index (χ1) is 7.65. The van der Waals surface area contributed by atoms with Crippen molar-refractivity contribution in [3.63, 3.8) is 0 Å². The molecule has 0 amide bonds. The maximum Gasteiger partial charge on any atom is 0.283 e. The zero-order valence-corrected chi connectivity index (χ0v) is 13.4. The first-order valence-electron chi connectivity index (χ1n) is 3.88. The molecule has 10 heteroatoms. The van der Waals surface area contributed by atoms with Gasteiger partial charge in [-0.15, -0.1) is 0 Å². The van der Waals surface area contributed by atoms with E-state index in [0.717, 1.165) is 0 Å². The van der Waals surface area contributed by atoms with Gasteiger partial charge in [-0.2, -0.15) is 8.42 Å². The van der Waals surface area contributed by atoms with Gasteiger partial charge >= 0.3 is 0 Å². The van der Waals surface area contributed by atoms with Gasteiger partial charge in [0.25, 0.3) is 10.1 Å². The zero-order valence-electron chi connectivity index (χ0n) is 7.83. The predicted octanol–water partition coefficient (Wildman–Crippen LogP) is 1.18. The molecule has 1 aliphatic carbocycles. The molecule has 0 aliphatic heterocycles. The summed E-state index contributed by atoms with van der Waals surface area (Å²) in [6, 6.07) is 0. The third kappa shape index (κ3) is 3.47. The van der Waals surface area contributed by atoms with E-state index in [9.17, 15) is 18.0 Å². The number of ketones is 2. The van der Waals surface area contributed by atoms with Gasteiger partial charge in [0.1, 0.15) is 11.6 Å². The first kappa shape index (κ1) is 15.0. The maximum atomic E-state index is 11.7. The van der Waals surface area contributed by atoms with E-state index in [1.807, 2.05) is 0 Å². The van der Waals surface area contributed by atoms with Crippen molar-refractivity contribution in [2.24, 2.45) is 0 Å². The molecule has 0 bridgehead atoms. The monoisotopic (exact) mass is 451 g/mol. The number of carbonyl (C=O) groups excluding carboxylic acids is 2. The van der Waals surface area contributed by atoms with Crippen LogP contribution in [-0.4, -0.2) is 30.4 Å². The van der Waals surface area contributed by atoms with Crippen molar-refractivity contribution in [1.29, 1.82) is 0 Å². The van der Waals surface area contributed by atoms with Crippen LogP contribution in [-0.2, 0) is 19.7 Å². The molecule has 1 rings (SSSR count). The number of halogens is 3. The van der Waals surface area contributed by atoms with Crippen molar-refractivity contribution >= 4 is 69.5 Å². The molecule has 0 aromatic carbocycles. The molecule has 0 spiro atoms. The number of Topliss-reactive ketones (excluding diaryl/α,β-unsaturated/α-hetero) is 2. The largest absolute Gasteiger partial charge is 0.365 e. The van der Waals surface area contributed by atoms with E-state index in [2.05, 4.69) is 53.1 Å². The maximum absolute atomic E-state index is 11.7. The molecule has 0 atom stereocenters. The van der Waals surface area contributed by atoms with Crippen molar-refractivity contribution in [1.82, 2.24) is 5.32 Å². The standard InChI is InChI=1S/C7H4Br3NO5S/c8-2-3(9)7(13)5(4(10)6(2)12)11-1-17(14,15)16/h11H,1H2,(H,14,15,16). The lowest BCUT2D eigenvalue weighted by Gasteiger charge is -2.16. The molecule has 0 saturated heterocycles. The normalized spacial score (nSPS) is 17.9. The Labute approximate surface area is 122 Å². The predicted molar refractivity (Wildman–Crippen MR) is 70.4 cm³/mol. The Morgan fingerprint density at radius 1 is 1.00 bits per heavy atom. The molecule has 0 aromatic rings. The van der Waals surface area contributed by atoms with Gasteiger partial charge in [0.05, 0.1) is 13.4 Å². The fraction of sp³-hybridized carbons (Fsp3) is 0.143. The van der Waals surface area contributed by atoms with Crippen molar-refractivity contribution in [3.8, 4) is 0 Å². The summed E-state index contributed by atoms with van der Waals surface area (Å²) in [5.74, 6) is -1.99. The van der Waals surface area contributed by atoms with Crippen molar-refractivity contribution in [2.45, 2.75) is 0 Å². The van der Waals surface area contributed by atoms with Crippen molar-refractivity contribution < 1.29 is 22.6 Å². The minimum Gasteiger partial charge on any atom is -0.365 e. The lowest BCUT2D eigenvalue weighted by atomic mass is 10.1. The highest BCUT2D eigenvalue weighted by Gasteiger charge is 2.31. The molecule has 0 saturated carbocycles. The minimum atomic E-state index is -4.29. The summed E-state index contributed by atoms with van der Waals surface area (Å²) in [6.45, 7) is 0. The van der Waals surface area contributed by atoms with Crippen LogP contribution in [0.3, 0.4) is 0 Å². The number of hydrogen-bond acceptors (Lipinski definition) is 5. The van der Waals surface area contributed by atoms with E-state index in [0.29, 0.717) is 0 Å². The Hall–Kier alpha value is -0.0300. The highest BCUT2D eigenvalue weighted by atomic mass is 79.9. The number of allylic oxidation sites excluding steroid dienone is 3. The number of rotatable bonds is 3. The fourth-order valence-electron chi connectivity index (χ4n) is 0.940. The van der Waals surface area contributed by atoms with Crippen LogP contribution in [0.5, 0.6) is 0 Å². The minimum absolute atomic E-state index is 0.0245. The molecular weight excluding hydrogens is 450 g/mol. The molecule has 0 aromatic heterocycles. The van der Waals surface area contributed by atoms with E-state index >= 15 is 0 Å². The molecule has 6 nitrogen and oxygen atoms in total. The van der Waals surface area contributed by atoms with Crippen LogP contribution in [0.2, 0.25) is 0 Å². The summed E-state index contributed by atoms with van der Waals surface area (Å²) in [7, 11) is -4.29. The SMILES string of the molecule is O=C1C(Br)=C(Br)C(=O)C(NCS(=O)(=O)O)=C1Br. The van der Waals surface area contributed by atoms with Gasteiger partial charge in [-0.1, -0.05) is 0 Å². The molecule has 17 heavy (non-hydrogen) atoms. The summed E-state index contributed by atoms with van der Waals surface area (Å²) in [5, 5.41) is 2.18. The molecule has 0 radical (unpaired) electrons. The van der Waals surface area contributed by atoms with Gasteiger partial charge in [-0.3, -0.25) is 14.1 Å². The van der Waals surface area contributed by atoms with E-state index in [-0.39, 0.29) is 19.1 Å². The second-order valence-corrected chi connectivity index (χ2v) is 6.71. The highest BCUT2D eigenvalue weighted by Crippen LogP contribution is 2.33. The van der Waals surface area contributed by atoms with Crippen LogP contribution in [0.4, 0.5) is 0 Å². The average Bonchev–Trinajstić information content (AvgIpc) is 2.22. The lowest BCUT2D eigenvalue weighted by Crippen LogP contribution is -2.31. The smallest absolute Gasteiger partial charge is 0.283 e.